The Bertz CT molecular complexity index is 552. The van der Waals surface area contributed by atoms with Crippen LogP contribution in [0.2, 0.25) is 0 Å². The molecular weight excluding hydrogens is 316 g/mol. The van der Waals surface area contributed by atoms with Gasteiger partial charge in [0.25, 0.3) is 6.10 Å². The molecule has 0 bridgehead atoms. The third kappa shape index (κ3) is 7.74. The fourth-order valence-electron chi connectivity index (χ4n) is 2.64. The summed E-state index contributed by atoms with van der Waals surface area (Å²) in [5.41, 5.74) is 3.40. The zero-order chi connectivity index (χ0) is 18.7. The van der Waals surface area contributed by atoms with Gasteiger partial charge in [-0.05, 0) is 53.4 Å². The predicted molar refractivity (Wildman–Crippen MR) is 103 cm³/mol. The number of hydrogen-bond donors (Lipinski definition) is 0. The van der Waals surface area contributed by atoms with E-state index in [4.69, 9.17) is 14.2 Å². The quantitative estimate of drug-likeness (QED) is 0.223. The van der Waals surface area contributed by atoms with Crippen LogP contribution in [-0.2, 0) is 14.2 Å². The van der Waals surface area contributed by atoms with Crippen molar-refractivity contribution in [2.24, 2.45) is 0 Å². The first-order chi connectivity index (χ1) is 12.0. The SMILES string of the molecule is C/C=C\CC/C(C)=C/CC/C(C)=C/CC1OC(=[OH+])C(C)=C1OCOC. The van der Waals surface area contributed by atoms with Crippen molar-refractivity contribution in [2.75, 3.05) is 13.9 Å². The second-order valence-electron chi connectivity index (χ2n) is 6.43. The van der Waals surface area contributed by atoms with Crippen LogP contribution in [-0.4, -0.2) is 30.8 Å². The number of carbonyl (C=O) groups excluding carboxylic acids is 1. The number of hydrogen-bond acceptors (Lipinski definition) is 3. The summed E-state index contributed by atoms with van der Waals surface area (Å²) >= 11 is 0. The molecular formula is C21H33O4+. The van der Waals surface area contributed by atoms with E-state index in [1.807, 2.05) is 0 Å². The monoisotopic (exact) mass is 349 g/mol. The first-order valence-electron chi connectivity index (χ1n) is 8.97. The molecule has 25 heavy (non-hydrogen) atoms. The van der Waals surface area contributed by atoms with Crippen LogP contribution in [0.4, 0.5) is 0 Å². The molecule has 1 N–H and O–H groups in total. The van der Waals surface area contributed by atoms with Crippen molar-refractivity contribution >= 4 is 5.97 Å². The van der Waals surface area contributed by atoms with Crippen molar-refractivity contribution in [1.82, 2.24) is 0 Å². The van der Waals surface area contributed by atoms with Gasteiger partial charge in [0.2, 0.25) is 0 Å². The first-order valence-corrected chi connectivity index (χ1v) is 8.97. The normalized spacial score (nSPS) is 19.1. The maximum absolute atomic E-state index is 9.78. The second-order valence-corrected chi connectivity index (χ2v) is 6.43. The van der Waals surface area contributed by atoms with E-state index in [1.165, 1.54) is 11.1 Å². The van der Waals surface area contributed by atoms with Gasteiger partial charge in [0, 0.05) is 13.5 Å². The summed E-state index contributed by atoms with van der Waals surface area (Å²) in [6.07, 6.45) is 13.5. The van der Waals surface area contributed by atoms with Crippen LogP contribution >= 0.6 is 0 Å². The van der Waals surface area contributed by atoms with E-state index in [1.54, 1.807) is 14.0 Å². The van der Waals surface area contributed by atoms with Gasteiger partial charge in [-0.2, -0.15) is 0 Å². The van der Waals surface area contributed by atoms with Crippen LogP contribution in [0.1, 0.15) is 59.8 Å². The van der Waals surface area contributed by atoms with Crippen LogP contribution < -0.4 is 0 Å². The van der Waals surface area contributed by atoms with Gasteiger partial charge in [-0.25, -0.2) is 0 Å². The number of ether oxygens (including phenoxy) is 3. The topological polar surface area (TPSA) is 49.1 Å². The molecule has 0 aromatic heterocycles. The number of rotatable bonds is 11. The average Bonchev–Trinajstić information content (AvgIpc) is 2.85. The summed E-state index contributed by atoms with van der Waals surface area (Å²) in [6.45, 7) is 8.33. The number of allylic oxidation sites excluding steroid dienone is 5. The standard InChI is InChI=1S/C21H32O4/c1-6-7-8-10-16(2)11-9-12-17(3)13-14-19-20(24-15-23-5)18(4)21(22)25-19/h6-7,11,13,19H,8-10,12,14-15H2,1-5H3/p+1/b7-6-,16-11+,17-13+. The molecule has 0 aromatic rings. The summed E-state index contributed by atoms with van der Waals surface area (Å²) in [7, 11) is 1.57. The Labute approximate surface area is 152 Å². The lowest BCUT2D eigenvalue weighted by Crippen LogP contribution is -2.13. The zero-order valence-corrected chi connectivity index (χ0v) is 16.3. The molecule has 1 heterocycles. The molecule has 1 aliphatic rings. The minimum atomic E-state index is -0.275. The molecule has 4 heteroatoms. The zero-order valence-electron chi connectivity index (χ0n) is 16.3. The van der Waals surface area contributed by atoms with E-state index in [0.29, 0.717) is 17.8 Å². The van der Waals surface area contributed by atoms with E-state index in [-0.39, 0.29) is 18.9 Å². The minimum Gasteiger partial charge on any atom is -0.464 e. The molecule has 1 aliphatic heterocycles. The summed E-state index contributed by atoms with van der Waals surface area (Å²) in [5, 5.41) is 0. The summed E-state index contributed by atoms with van der Waals surface area (Å²) in [4.78, 5) is 9.78. The number of esters is 1. The highest BCUT2D eigenvalue weighted by molar-refractivity contribution is 5.92. The first kappa shape index (κ1) is 21.2. The highest BCUT2D eigenvalue weighted by Gasteiger charge is 2.40. The highest BCUT2D eigenvalue weighted by Crippen LogP contribution is 2.26. The Morgan fingerprint density at radius 1 is 1.16 bits per heavy atom. The Morgan fingerprint density at radius 3 is 2.52 bits per heavy atom. The molecule has 140 valence electrons. The molecule has 1 unspecified atom stereocenters. The molecule has 0 fully saturated rings. The molecule has 1 atom stereocenters. The lowest BCUT2D eigenvalue weighted by molar-refractivity contribution is -0.0127. The third-order valence-corrected chi connectivity index (χ3v) is 4.22. The van der Waals surface area contributed by atoms with E-state index in [9.17, 15) is 4.79 Å². The van der Waals surface area contributed by atoms with Gasteiger partial charge in [-0.3, -0.25) is 0 Å². The summed E-state index contributed by atoms with van der Waals surface area (Å²) in [6, 6.07) is 0. The Hall–Kier alpha value is -1.81. The highest BCUT2D eigenvalue weighted by atomic mass is 16.7. The second kappa shape index (κ2) is 11.7. The fourth-order valence-corrected chi connectivity index (χ4v) is 2.64. The lowest BCUT2D eigenvalue weighted by atomic mass is 10.0. The van der Waals surface area contributed by atoms with Crippen molar-refractivity contribution in [2.45, 2.75) is 65.9 Å². The van der Waals surface area contributed by atoms with Crippen molar-refractivity contribution in [1.29, 1.82) is 0 Å². The molecule has 0 amide bonds. The summed E-state index contributed by atoms with van der Waals surface area (Å²) < 4.78 is 16.0. The summed E-state index contributed by atoms with van der Waals surface area (Å²) in [5.74, 6) is 0.602. The smallest absolute Gasteiger partial charge is 0.464 e. The van der Waals surface area contributed by atoms with Crippen molar-refractivity contribution in [3.8, 4) is 0 Å². The molecule has 4 nitrogen and oxygen atoms in total. The lowest BCUT2D eigenvalue weighted by Gasteiger charge is -2.09. The molecule has 1 rings (SSSR count). The molecule has 0 aromatic carbocycles. The third-order valence-electron chi connectivity index (χ3n) is 4.22. The Balaban J connectivity index is 2.46. The van der Waals surface area contributed by atoms with Crippen LogP contribution in [0.3, 0.4) is 0 Å². The van der Waals surface area contributed by atoms with Gasteiger partial charge in [0.1, 0.15) is 5.57 Å². The minimum absolute atomic E-state index is 0.0538. The molecule has 0 spiro atoms. The van der Waals surface area contributed by atoms with Gasteiger partial charge < -0.3 is 19.0 Å². The maximum atomic E-state index is 9.78. The van der Waals surface area contributed by atoms with Gasteiger partial charge in [0.05, 0.1) is 0 Å². The van der Waals surface area contributed by atoms with Gasteiger partial charge >= 0.3 is 5.97 Å². The van der Waals surface area contributed by atoms with E-state index in [0.717, 1.165) is 25.7 Å². The van der Waals surface area contributed by atoms with Crippen LogP contribution in [0.25, 0.3) is 0 Å². The average molecular weight is 349 g/mol. The van der Waals surface area contributed by atoms with Crippen molar-refractivity contribution < 1.29 is 19.0 Å². The van der Waals surface area contributed by atoms with E-state index in [2.05, 4.69) is 45.1 Å². The van der Waals surface area contributed by atoms with Gasteiger partial charge in [0.15, 0.2) is 12.6 Å². The number of methoxy groups -OCH3 is 1. The molecule has 0 saturated heterocycles. The number of cyclic esters (lactones) is 1. The van der Waals surface area contributed by atoms with Crippen molar-refractivity contribution in [3.05, 3.63) is 46.8 Å². The largest absolute Gasteiger partial charge is 0.517 e. The van der Waals surface area contributed by atoms with Crippen LogP contribution in [0.5, 0.6) is 0 Å². The molecule has 0 aliphatic carbocycles. The van der Waals surface area contributed by atoms with E-state index >= 15 is 0 Å². The Morgan fingerprint density at radius 2 is 1.84 bits per heavy atom. The predicted octanol–water partition coefficient (Wildman–Crippen LogP) is 5.20. The van der Waals surface area contributed by atoms with E-state index < -0.39 is 0 Å². The molecule has 0 saturated carbocycles. The maximum Gasteiger partial charge on any atom is 0.517 e. The van der Waals surface area contributed by atoms with Crippen molar-refractivity contribution in [3.63, 3.8) is 0 Å². The fraction of sp³-hybridized carbons (Fsp3) is 0.571. The Kier molecular flexibility index (Phi) is 9.93. The molecule has 0 radical (unpaired) electrons. The van der Waals surface area contributed by atoms with Gasteiger partial charge in [-0.15, -0.1) is 0 Å². The van der Waals surface area contributed by atoms with Crippen LogP contribution in [0.15, 0.2) is 46.8 Å². The van der Waals surface area contributed by atoms with Gasteiger partial charge in [-0.1, -0.05) is 35.5 Å². The van der Waals surface area contributed by atoms with Crippen LogP contribution in [0, 0.1) is 0 Å².